The molecule has 0 saturated heterocycles. The monoisotopic (exact) mass is 435 g/mol. The Morgan fingerprint density at radius 3 is 2.74 bits per heavy atom. The van der Waals surface area contributed by atoms with Crippen LogP contribution in [0.25, 0.3) is 11.0 Å². The van der Waals surface area contributed by atoms with Gasteiger partial charge in [-0.05, 0) is 37.5 Å². The lowest BCUT2D eigenvalue weighted by atomic mass is 9.95. The van der Waals surface area contributed by atoms with Crippen molar-refractivity contribution in [3.63, 3.8) is 0 Å². The van der Waals surface area contributed by atoms with Gasteiger partial charge in [0.25, 0.3) is 5.91 Å². The van der Waals surface area contributed by atoms with Gasteiger partial charge in [0.2, 0.25) is 0 Å². The highest BCUT2D eigenvalue weighted by Crippen LogP contribution is 2.30. The molecule has 1 saturated carbocycles. The van der Waals surface area contributed by atoms with Crippen molar-refractivity contribution in [1.82, 2.24) is 5.32 Å². The number of ether oxygens (including phenoxy) is 1. The number of halogens is 1. The van der Waals surface area contributed by atoms with Crippen LogP contribution < -0.4 is 15.7 Å². The Morgan fingerprint density at radius 1 is 1.22 bits per heavy atom. The Hall–Kier alpha value is -1.82. The number of carbonyl (C=O) groups is 1. The molecule has 5 nitrogen and oxygen atoms in total. The van der Waals surface area contributed by atoms with Crippen molar-refractivity contribution in [1.29, 1.82) is 0 Å². The minimum Gasteiger partial charge on any atom is -0.490 e. The molecule has 0 spiro atoms. The van der Waals surface area contributed by atoms with E-state index in [0.29, 0.717) is 23.3 Å². The second-order valence-electron chi connectivity index (χ2n) is 7.13. The zero-order chi connectivity index (χ0) is 19.2. The average molecular weight is 436 g/mol. The molecule has 146 valence electrons. The molecular weight excluding hydrogens is 410 g/mol. The molecule has 1 aliphatic carbocycles. The van der Waals surface area contributed by atoms with E-state index in [1.165, 1.54) is 6.42 Å². The first-order chi connectivity index (χ1) is 13.1. The van der Waals surface area contributed by atoms with Crippen molar-refractivity contribution in [2.45, 2.75) is 64.3 Å². The lowest BCUT2D eigenvalue weighted by Crippen LogP contribution is -2.38. The predicted molar refractivity (Wildman–Crippen MR) is 110 cm³/mol. The minimum absolute atomic E-state index is 0.0445. The van der Waals surface area contributed by atoms with E-state index in [-0.39, 0.29) is 17.5 Å². The second-order valence-corrected chi connectivity index (χ2v) is 8.05. The number of hydrogen-bond acceptors (Lipinski definition) is 4. The zero-order valence-corrected chi connectivity index (χ0v) is 17.3. The van der Waals surface area contributed by atoms with Gasteiger partial charge >= 0.3 is 5.63 Å². The number of amides is 1. The molecule has 1 aliphatic rings. The number of unbranched alkanes of at least 4 members (excludes halogenated alkanes) is 2. The van der Waals surface area contributed by atoms with Crippen LogP contribution in [0.4, 0.5) is 0 Å². The van der Waals surface area contributed by atoms with Crippen LogP contribution >= 0.6 is 15.9 Å². The second kappa shape index (κ2) is 9.40. The Balaban J connectivity index is 1.84. The van der Waals surface area contributed by atoms with E-state index in [1.807, 2.05) is 6.07 Å². The van der Waals surface area contributed by atoms with E-state index in [4.69, 9.17) is 9.15 Å². The quantitative estimate of drug-likeness (QED) is 0.479. The van der Waals surface area contributed by atoms with Gasteiger partial charge in [-0.25, -0.2) is 4.79 Å². The van der Waals surface area contributed by atoms with E-state index in [1.54, 1.807) is 12.1 Å². The maximum absolute atomic E-state index is 12.6. The maximum Gasteiger partial charge on any atom is 0.349 e. The molecule has 1 amide bonds. The first kappa shape index (κ1) is 19.9. The molecule has 1 N–H and O–H groups in total. The summed E-state index contributed by atoms with van der Waals surface area (Å²) in [5, 5.41) is 3.65. The summed E-state index contributed by atoms with van der Waals surface area (Å²) < 4.78 is 12.1. The van der Waals surface area contributed by atoms with Gasteiger partial charge in [0, 0.05) is 15.9 Å². The van der Waals surface area contributed by atoms with Gasteiger partial charge in [0.05, 0.1) is 6.61 Å². The third kappa shape index (κ3) is 5.12. The van der Waals surface area contributed by atoms with E-state index in [0.717, 1.165) is 49.4 Å². The van der Waals surface area contributed by atoms with Crippen molar-refractivity contribution < 1.29 is 13.9 Å². The number of rotatable bonds is 7. The first-order valence-corrected chi connectivity index (χ1v) is 10.6. The van der Waals surface area contributed by atoms with Crippen molar-refractivity contribution in [2.24, 2.45) is 0 Å². The van der Waals surface area contributed by atoms with Crippen LogP contribution in [0.1, 0.15) is 68.6 Å². The van der Waals surface area contributed by atoms with E-state index >= 15 is 0 Å². The van der Waals surface area contributed by atoms with Gasteiger partial charge in [-0.2, -0.15) is 0 Å². The van der Waals surface area contributed by atoms with Gasteiger partial charge < -0.3 is 14.5 Å². The lowest BCUT2D eigenvalue weighted by Gasteiger charge is -2.22. The normalized spacial score (nSPS) is 15.0. The van der Waals surface area contributed by atoms with Gasteiger partial charge in [0.1, 0.15) is 5.56 Å². The molecule has 0 unspecified atom stereocenters. The third-order valence-corrected chi connectivity index (χ3v) is 5.41. The Morgan fingerprint density at radius 2 is 2.00 bits per heavy atom. The van der Waals surface area contributed by atoms with Crippen molar-refractivity contribution in [2.75, 3.05) is 6.61 Å². The Labute approximate surface area is 167 Å². The lowest BCUT2D eigenvalue weighted by molar-refractivity contribution is 0.0924. The first-order valence-electron chi connectivity index (χ1n) is 9.79. The Bertz CT molecular complexity index is 855. The molecule has 0 atom stereocenters. The number of fused-ring (bicyclic) bond motifs is 1. The molecule has 2 aromatic rings. The summed E-state index contributed by atoms with van der Waals surface area (Å²) in [4.78, 5) is 25.0. The van der Waals surface area contributed by atoms with Crippen molar-refractivity contribution in [3.05, 3.63) is 38.7 Å². The highest BCUT2D eigenvalue weighted by molar-refractivity contribution is 9.10. The highest BCUT2D eigenvalue weighted by Gasteiger charge is 2.21. The predicted octanol–water partition coefficient (Wildman–Crippen LogP) is 5.19. The smallest absolute Gasteiger partial charge is 0.349 e. The van der Waals surface area contributed by atoms with Crippen LogP contribution in [0.3, 0.4) is 0 Å². The minimum atomic E-state index is -0.628. The third-order valence-electron chi connectivity index (χ3n) is 4.95. The molecule has 3 rings (SSSR count). The summed E-state index contributed by atoms with van der Waals surface area (Å²) in [6, 6.07) is 5.36. The number of nitrogens with one attached hydrogen (secondary N) is 1. The van der Waals surface area contributed by atoms with E-state index < -0.39 is 5.63 Å². The van der Waals surface area contributed by atoms with E-state index in [9.17, 15) is 9.59 Å². The van der Waals surface area contributed by atoms with Crippen LogP contribution in [-0.4, -0.2) is 18.6 Å². The van der Waals surface area contributed by atoms with Crippen LogP contribution in [0.2, 0.25) is 0 Å². The SMILES string of the molecule is CCCCCOc1cc(Br)cc2cc(C(=O)NC3CCCCC3)c(=O)oc12. The molecule has 1 aromatic heterocycles. The molecule has 0 aliphatic heterocycles. The summed E-state index contributed by atoms with van der Waals surface area (Å²) in [5.41, 5.74) is -0.200. The van der Waals surface area contributed by atoms with Crippen LogP contribution in [0.15, 0.2) is 31.9 Å². The summed E-state index contributed by atoms with van der Waals surface area (Å²) in [7, 11) is 0. The van der Waals surface area contributed by atoms with Crippen molar-refractivity contribution >= 4 is 32.8 Å². The van der Waals surface area contributed by atoms with Gasteiger partial charge in [0.15, 0.2) is 11.3 Å². The summed E-state index contributed by atoms with van der Waals surface area (Å²) in [6.45, 7) is 2.69. The standard InChI is InChI=1S/C21H26BrNO4/c1-2-3-7-10-26-18-13-15(22)11-14-12-17(21(25)27-19(14)18)20(24)23-16-8-5-4-6-9-16/h11-13,16H,2-10H2,1H3,(H,23,24). The van der Waals surface area contributed by atoms with Crippen LogP contribution in [0, 0.1) is 0 Å². The molecule has 27 heavy (non-hydrogen) atoms. The maximum atomic E-state index is 12.6. The van der Waals surface area contributed by atoms with Gasteiger partial charge in [-0.3, -0.25) is 4.79 Å². The molecular formula is C21H26BrNO4. The number of hydrogen-bond donors (Lipinski definition) is 1. The van der Waals surface area contributed by atoms with Crippen LogP contribution in [-0.2, 0) is 0 Å². The molecule has 0 bridgehead atoms. The van der Waals surface area contributed by atoms with Gasteiger partial charge in [-0.1, -0.05) is 55.0 Å². The molecule has 0 radical (unpaired) electrons. The molecule has 1 fully saturated rings. The fourth-order valence-corrected chi connectivity index (χ4v) is 3.93. The summed E-state index contributed by atoms with van der Waals surface area (Å²) in [6.07, 6.45) is 8.50. The summed E-state index contributed by atoms with van der Waals surface area (Å²) in [5.74, 6) is 0.162. The topological polar surface area (TPSA) is 68.5 Å². The van der Waals surface area contributed by atoms with E-state index in [2.05, 4.69) is 28.2 Å². The van der Waals surface area contributed by atoms with Gasteiger partial charge in [-0.15, -0.1) is 0 Å². The van der Waals surface area contributed by atoms with Crippen LogP contribution in [0.5, 0.6) is 5.75 Å². The van der Waals surface area contributed by atoms with Crippen molar-refractivity contribution in [3.8, 4) is 5.75 Å². The highest BCUT2D eigenvalue weighted by atomic mass is 79.9. The largest absolute Gasteiger partial charge is 0.490 e. The summed E-state index contributed by atoms with van der Waals surface area (Å²) >= 11 is 3.47. The Kier molecular flexibility index (Phi) is 6.94. The average Bonchev–Trinajstić information content (AvgIpc) is 2.66. The zero-order valence-electron chi connectivity index (χ0n) is 15.7. The fraction of sp³-hybridized carbons (Fsp3) is 0.524. The molecule has 6 heteroatoms. The number of benzene rings is 1. The molecule has 1 heterocycles. The fourth-order valence-electron chi connectivity index (χ4n) is 3.48. The molecule has 1 aromatic carbocycles. The number of carbonyl (C=O) groups excluding carboxylic acids is 1.